The Morgan fingerprint density at radius 2 is 1.76 bits per heavy atom. The smallest absolute Gasteiger partial charge is 0.428 e. The van der Waals surface area contributed by atoms with Gasteiger partial charge in [0.05, 0.1) is 0 Å². The molecule has 1 aromatic heterocycles. The van der Waals surface area contributed by atoms with E-state index in [0.29, 0.717) is 10.9 Å². The molecule has 9 heteroatoms. The van der Waals surface area contributed by atoms with Crippen molar-refractivity contribution >= 4 is 16.9 Å². The van der Waals surface area contributed by atoms with Crippen LogP contribution in [0, 0.1) is 5.82 Å². The van der Waals surface area contributed by atoms with Gasteiger partial charge in [-0.15, -0.1) is 0 Å². The lowest BCUT2D eigenvalue weighted by Gasteiger charge is -2.37. The molecule has 5 nitrogen and oxygen atoms in total. The van der Waals surface area contributed by atoms with Crippen LogP contribution in [-0.4, -0.2) is 38.1 Å². The summed E-state index contributed by atoms with van der Waals surface area (Å²) in [6, 6.07) is 10.9. The number of phenols is 1. The van der Waals surface area contributed by atoms with Gasteiger partial charge in [0.15, 0.2) is 0 Å². The number of aromatic nitrogens is 1. The Kier molecular flexibility index (Phi) is 4.82. The van der Waals surface area contributed by atoms with Gasteiger partial charge in [-0.3, -0.25) is 0 Å². The molecule has 1 heterocycles. The lowest BCUT2D eigenvalue weighted by molar-refractivity contribution is -0.265. The number of aliphatic carboxylic acids is 1. The molecule has 0 radical (unpaired) electrons. The summed E-state index contributed by atoms with van der Waals surface area (Å²) < 4.78 is 54.5. The molecule has 3 aromatic rings. The van der Waals surface area contributed by atoms with Gasteiger partial charge in [0.25, 0.3) is 5.60 Å². The van der Waals surface area contributed by atoms with Gasteiger partial charge in [0, 0.05) is 28.6 Å². The number of benzene rings is 2. The molecule has 29 heavy (non-hydrogen) atoms. The molecule has 0 bridgehead atoms. The van der Waals surface area contributed by atoms with Gasteiger partial charge in [-0.2, -0.15) is 13.2 Å². The lowest BCUT2D eigenvalue weighted by atomic mass is 9.70. The second-order valence-corrected chi connectivity index (χ2v) is 7.10. The van der Waals surface area contributed by atoms with Crippen LogP contribution in [0.2, 0.25) is 0 Å². The third-order valence-electron chi connectivity index (χ3n) is 5.11. The van der Waals surface area contributed by atoms with Crippen molar-refractivity contribution in [3.05, 3.63) is 65.6 Å². The van der Waals surface area contributed by atoms with Crippen molar-refractivity contribution in [2.24, 2.45) is 0 Å². The van der Waals surface area contributed by atoms with E-state index in [1.165, 1.54) is 13.0 Å². The Balaban J connectivity index is 2.29. The number of fused-ring (bicyclic) bond motifs is 1. The first-order valence-corrected chi connectivity index (χ1v) is 8.48. The fourth-order valence-electron chi connectivity index (χ4n) is 3.47. The van der Waals surface area contributed by atoms with Crippen LogP contribution in [0.5, 0.6) is 5.75 Å². The van der Waals surface area contributed by atoms with E-state index >= 15 is 0 Å². The SMILES string of the molecule is CC(CC(O)(C(=O)O)C(F)(F)F)(c1cc2ccccc2[nH]1)c1cc(F)ccc1O. The average Bonchev–Trinajstić information content (AvgIpc) is 3.07. The third kappa shape index (κ3) is 3.42. The Morgan fingerprint density at radius 3 is 2.34 bits per heavy atom. The number of hydrogen-bond donors (Lipinski definition) is 4. The van der Waals surface area contributed by atoms with Crippen LogP contribution >= 0.6 is 0 Å². The first-order valence-electron chi connectivity index (χ1n) is 8.48. The van der Waals surface area contributed by atoms with E-state index in [2.05, 4.69) is 4.98 Å². The summed E-state index contributed by atoms with van der Waals surface area (Å²) in [5.41, 5.74) is -5.77. The molecule has 0 aliphatic carbocycles. The van der Waals surface area contributed by atoms with Gasteiger partial charge in [0.1, 0.15) is 11.6 Å². The zero-order valence-corrected chi connectivity index (χ0v) is 15.1. The van der Waals surface area contributed by atoms with E-state index in [1.807, 2.05) is 0 Å². The van der Waals surface area contributed by atoms with Gasteiger partial charge in [-0.1, -0.05) is 18.2 Å². The minimum absolute atomic E-state index is 0.0727. The van der Waals surface area contributed by atoms with Crippen LogP contribution in [-0.2, 0) is 10.2 Å². The van der Waals surface area contributed by atoms with Crippen molar-refractivity contribution in [1.29, 1.82) is 0 Å². The molecule has 3 rings (SSSR count). The highest BCUT2D eigenvalue weighted by atomic mass is 19.4. The highest BCUT2D eigenvalue weighted by molar-refractivity contribution is 5.82. The Hall–Kier alpha value is -3.07. The van der Waals surface area contributed by atoms with E-state index in [4.69, 9.17) is 0 Å². The van der Waals surface area contributed by atoms with E-state index in [-0.39, 0.29) is 11.3 Å². The van der Waals surface area contributed by atoms with Crippen LogP contribution in [0.4, 0.5) is 17.6 Å². The highest BCUT2D eigenvalue weighted by Gasteiger charge is 2.63. The number of aromatic hydroxyl groups is 1. The number of hydrogen-bond acceptors (Lipinski definition) is 3. The number of carboxylic acid groups (broad SMARTS) is 1. The first-order chi connectivity index (χ1) is 13.4. The van der Waals surface area contributed by atoms with Crippen molar-refractivity contribution in [2.75, 3.05) is 0 Å². The maximum atomic E-state index is 13.9. The van der Waals surface area contributed by atoms with Crippen molar-refractivity contribution < 1.29 is 37.7 Å². The zero-order valence-electron chi connectivity index (χ0n) is 15.1. The summed E-state index contributed by atoms with van der Waals surface area (Å²) in [4.78, 5) is 14.3. The molecule has 4 N–H and O–H groups in total. The predicted molar refractivity (Wildman–Crippen MR) is 96.1 cm³/mol. The van der Waals surface area contributed by atoms with Gasteiger partial charge in [-0.05, 0) is 42.6 Å². The van der Waals surface area contributed by atoms with Crippen molar-refractivity contribution in [2.45, 2.75) is 30.5 Å². The second kappa shape index (κ2) is 6.77. The number of aromatic amines is 1. The van der Waals surface area contributed by atoms with Crippen molar-refractivity contribution in [3.63, 3.8) is 0 Å². The topological polar surface area (TPSA) is 93.5 Å². The summed E-state index contributed by atoms with van der Waals surface area (Å²) in [6.07, 6.45) is -6.92. The fourth-order valence-corrected chi connectivity index (χ4v) is 3.47. The quantitative estimate of drug-likeness (QED) is 0.476. The average molecular weight is 411 g/mol. The molecule has 0 aliphatic rings. The summed E-state index contributed by atoms with van der Waals surface area (Å²) in [7, 11) is 0. The summed E-state index contributed by atoms with van der Waals surface area (Å²) >= 11 is 0. The zero-order chi connectivity index (χ0) is 21.6. The molecule has 0 amide bonds. The normalized spacial score (nSPS) is 16.3. The number of nitrogens with one attached hydrogen (secondary N) is 1. The number of carbonyl (C=O) groups is 1. The minimum atomic E-state index is -5.52. The standard InChI is InChI=1S/C20H17F4NO4/c1-18(13-9-12(21)6-7-15(13)26,10-19(29,17(27)28)20(22,23)24)16-8-11-4-2-3-5-14(11)25-16/h2-9,25-26,29H,10H2,1H3,(H,27,28). The summed E-state index contributed by atoms with van der Waals surface area (Å²) in [6.45, 7) is 1.20. The number of carboxylic acids is 1. The second-order valence-electron chi connectivity index (χ2n) is 7.10. The van der Waals surface area contributed by atoms with Gasteiger partial charge in [0.2, 0.25) is 0 Å². The molecule has 0 spiro atoms. The van der Waals surface area contributed by atoms with Crippen molar-refractivity contribution in [3.8, 4) is 5.75 Å². The van der Waals surface area contributed by atoms with E-state index < -0.39 is 41.1 Å². The van der Waals surface area contributed by atoms with Crippen molar-refractivity contribution in [1.82, 2.24) is 4.98 Å². The summed E-state index contributed by atoms with van der Waals surface area (Å²) in [5.74, 6) is -3.88. The van der Waals surface area contributed by atoms with Crippen LogP contribution < -0.4 is 0 Å². The molecular formula is C20H17F4NO4. The lowest BCUT2D eigenvalue weighted by Crippen LogP contribution is -2.55. The number of phenolic OH excluding ortho intramolecular Hbond substituents is 1. The summed E-state index contributed by atoms with van der Waals surface area (Å²) in [5, 5.41) is 30.1. The van der Waals surface area contributed by atoms with Gasteiger partial charge < -0.3 is 20.3 Å². The maximum absolute atomic E-state index is 13.9. The first kappa shape index (κ1) is 20.7. The number of H-pyrrole nitrogens is 1. The van der Waals surface area contributed by atoms with Crippen LogP contribution in [0.15, 0.2) is 48.5 Å². The van der Waals surface area contributed by atoms with E-state index in [9.17, 15) is 37.7 Å². The molecule has 0 saturated carbocycles. The Bertz CT molecular complexity index is 1040. The number of alkyl halides is 3. The molecule has 0 fully saturated rings. The maximum Gasteiger partial charge on any atom is 0.428 e. The fraction of sp³-hybridized carbons (Fsp3) is 0.250. The van der Waals surface area contributed by atoms with Crippen LogP contribution in [0.3, 0.4) is 0 Å². The van der Waals surface area contributed by atoms with Gasteiger partial charge in [-0.25, -0.2) is 9.18 Å². The molecule has 2 atom stereocenters. The molecule has 0 aliphatic heterocycles. The molecule has 154 valence electrons. The molecular weight excluding hydrogens is 394 g/mol. The highest BCUT2D eigenvalue weighted by Crippen LogP contribution is 2.47. The largest absolute Gasteiger partial charge is 0.508 e. The Morgan fingerprint density at radius 1 is 1.10 bits per heavy atom. The minimum Gasteiger partial charge on any atom is -0.508 e. The van der Waals surface area contributed by atoms with Crippen LogP contribution in [0.1, 0.15) is 24.6 Å². The van der Waals surface area contributed by atoms with Gasteiger partial charge >= 0.3 is 12.1 Å². The number of halogens is 4. The molecule has 2 unspecified atom stereocenters. The monoisotopic (exact) mass is 411 g/mol. The molecule has 0 saturated heterocycles. The van der Waals surface area contributed by atoms with Crippen LogP contribution in [0.25, 0.3) is 10.9 Å². The number of aliphatic hydroxyl groups is 1. The third-order valence-corrected chi connectivity index (χ3v) is 5.11. The molecule has 2 aromatic carbocycles. The Labute approximate surface area is 162 Å². The number of rotatable bonds is 5. The number of para-hydroxylation sites is 1. The van der Waals surface area contributed by atoms with E-state index in [0.717, 1.165) is 18.2 Å². The predicted octanol–water partition coefficient (Wildman–Crippen LogP) is 4.09. The van der Waals surface area contributed by atoms with E-state index in [1.54, 1.807) is 24.3 Å².